The summed E-state index contributed by atoms with van der Waals surface area (Å²) >= 11 is 0. The highest BCUT2D eigenvalue weighted by Crippen LogP contribution is 2.15. The molecule has 25 heavy (non-hydrogen) atoms. The summed E-state index contributed by atoms with van der Waals surface area (Å²) in [6.45, 7) is 3.27. The van der Waals surface area contributed by atoms with Crippen molar-refractivity contribution < 1.29 is 33.4 Å². The van der Waals surface area contributed by atoms with E-state index in [1.807, 2.05) is 0 Å². The average Bonchev–Trinajstić information content (AvgIpc) is 2.97. The summed E-state index contributed by atoms with van der Waals surface area (Å²) in [5, 5.41) is 4.77. The molecule has 0 aromatic heterocycles. The molecule has 1 saturated heterocycles. The lowest BCUT2D eigenvalue weighted by Crippen LogP contribution is -2.55. The molecule has 0 radical (unpaired) electrons. The maximum atomic E-state index is 12.2. The van der Waals surface area contributed by atoms with Crippen LogP contribution in [0.5, 0.6) is 0 Å². The molecule has 1 fully saturated rings. The van der Waals surface area contributed by atoms with Crippen molar-refractivity contribution in [2.45, 2.75) is 45.2 Å². The van der Waals surface area contributed by atoms with Crippen LogP contribution < -0.4 is 16.4 Å². The number of hydrogen-bond acceptors (Lipinski definition) is 7. The first-order valence-electron chi connectivity index (χ1n) is 8.01. The number of nitrogens with two attached hydrogens (primary N) is 1. The van der Waals surface area contributed by atoms with Crippen LogP contribution in [0.25, 0.3) is 0 Å². The Morgan fingerprint density at radius 2 is 1.88 bits per heavy atom. The highest BCUT2D eigenvalue weighted by molar-refractivity contribution is 5.96. The Bertz CT molecular complexity index is 549. The van der Waals surface area contributed by atoms with Crippen molar-refractivity contribution in [2.24, 2.45) is 11.7 Å². The van der Waals surface area contributed by atoms with Crippen LogP contribution in [0.15, 0.2) is 0 Å². The van der Waals surface area contributed by atoms with Gasteiger partial charge in [0.05, 0.1) is 25.6 Å². The van der Waals surface area contributed by atoms with Crippen molar-refractivity contribution >= 4 is 29.7 Å². The lowest BCUT2D eigenvalue weighted by molar-refractivity contribution is -0.157. The van der Waals surface area contributed by atoms with E-state index in [0.29, 0.717) is 0 Å². The van der Waals surface area contributed by atoms with Crippen LogP contribution >= 0.6 is 0 Å². The largest absolute Gasteiger partial charge is 0.466 e. The number of hydrogen-bond donors (Lipinski definition) is 3. The highest BCUT2D eigenvalue weighted by Gasteiger charge is 2.39. The van der Waals surface area contributed by atoms with Gasteiger partial charge in [-0.2, -0.15) is 0 Å². The fourth-order valence-corrected chi connectivity index (χ4v) is 2.42. The zero-order valence-corrected chi connectivity index (χ0v) is 14.2. The minimum absolute atomic E-state index is 0.0241. The maximum Gasteiger partial charge on any atom is 0.312 e. The monoisotopic (exact) mass is 357 g/mol. The smallest absolute Gasteiger partial charge is 0.312 e. The van der Waals surface area contributed by atoms with Gasteiger partial charge in [-0.25, -0.2) is 0 Å². The van der Waals surface area contributed by atoms with Crippen molar-refractivity contribution in [3.05, 3.63) is 0 Å². The summed E-state index contributed by atoms with van der Waals surface area (Å²) in [5.41, 5.74) is 5.29. The zero-order chi connectivity index (χ0) is 19.0. The third kappa shape index (κ3) is 6.05. The fraction of sp³-hybridized carbons (Fsp3) is 0.667. The Kier molecular flexibility index (Phi) is 7.83. The molecule has 0 unspecified atom stereocenters. The molecule has 10 heteroatoms. The molecule has 10 nitrogen and oxygen atoms in total. The van der Waals surface area contributed by atoms with Gasteiger partial charge in [-0.3, -0.25) is 24.0 Å². The molecule has 0 bridgehead atoms. The third-order valence-electron chi connectivity index (χ3n) is 3.60. The van der Waals surface area contributed by atoms with Crippen LogP contribution in [0.2, 0.25) is 0 Å². The van der Waals surface area contributed by atoms with E-state index in [1.165, 1.54) is 0 Å². The molecule has 3 atom stereocenters. The number of esters is 2. The molecular formula is C15H23N3O7. The second kappa shape index (κ2) is 9.60. The van der Waals surface area contributed by atoms with Crippen molar-refractivity contribution in [1.82, 2.24) is 10.6 Å². The van der Waals surface area contributed by atoms with Crippen LogP contribution in [-0.2, 0) is 33.4 Å². The Hall–Kier alpha value is -2.65. The average molecular weight is 357 g/mol. The van der Waals surface area contributed by atoms with Gasteiger partial charge in [-0.05, 0) is 20.3 Å². The molecule has 0 aromatic rings. The van der Waals surface area contributed by atoms with Crippen LogP contribution in [0.1, 0.15) is 33.1 Å². The summed E-state index contributed by atoms with van der Waals surface area (Å²) in [6.07, 6.45) is -0.0286. The normalized spacial score (nSPS) is 18.6. The van der Waals surface area contributed by atoms with E-state index in [9.17, 15) is 24.0 Å². The molecule has 1 aliphatic rings. The predicted molar refractivity (Wildman–Crippen MR) is 83.7 cm³/mol. The first-order chi connectivity index (χ1) is 11.8. The van der Waals surface area contributed by atoms with Crippen molar-refractivity contribution in [2.75, 3.05) is 13.2 Å². The third-order valence-corrected chi connectivity index (χ3v) is 3.60. The molecule has 1 heterocycles. The predicted octanol–water partition coefficient (Wildman–Crippen LogP) is -1.63. The molecule has 0 spiro atoms. The van der Waals surface area contributed by atoms with E-state index in [-0.39, 0.29) is 32.0 Å². The van der Waals surface area contributed by atoms with E-state index in [1.54, 1.807) is 13.8 Å². The van der Waals surface area contributed by atoms with Crippen molar-refractivity contribution in [1.29, 1.82) is 0 Å². The van der Waals surface area contributed by atoms with E-state index >= 15 is 0 Å². The second-order valence-electron chi connectivity index (χ2n) is 5.42. The molecule has 140 valence electrons. The van der Waals surface area contributed by atoms with Crippen LogP contribution in [0.4, 0.5) is 0 Å². The molecule has 0 saturated carbocycles. The van der Waals surface area contributed by atoms with Crippen molar-refractivity contribution in [3.63, 3.8) is 0 Å². The summed E-state index contributed by atoms with van der Waals surface area (Å²) in [7, 11) is 0. The fourth-order valence-electron chi connectivity index (χ4n) is 2.42. The first kappa shape index (κ1) is 20.4. The van der Waals surface area contributed by atoms with E-state index in [4.69, 9.17) is 15.2 Å². The van der Waals surface area contributed by atoms with Gasteiger partial charge in [0.2, 0.25) is 17.7 Å². The topological polar surface area (TPSA) is 154 Å². The summed E-state index contributed by atoms with van der Waals surface area (Å²) in [4.78, 5) is 59.0. The van der Waals surface area contributed by atoms with Crippen molar-refractivity contribution in [3.8, 4) is 0 Å². The van der Waals surface area contributed by atoms with E-state index < -0.39 is 48.2 Å². The van der Waals surface area contributed by atoms with Gasteiger partial charge < -0.3 is 25.8 Å². The minimum atomic E-state index is -1.46. The number of nitrogens with one attached hydrogen (secondary N) is 2. The van der Waals surface area contributed by atoms with Crippen LogP contribution in [0.3, 0.4) is 0 Å². The standard InChI is InChI=1S/C15H23N3O7/c1-3-24-11(20)7-8(15(23)25-4-2)12(13(16)21)18-14(22)9-5-6-10(19)17-9/h8-9,12H,3-7H2,1-2H3,(H2,16,21)(H,17,19)(H,18,22)/t8-,9-,12+/m0/s1. The maximum absolute atomic E-state index is 12.2. The Labute approximate surface area is 144 Å². The molecule has 0 aromatic carbocycles. The molecule has 1 rings (SSSR count). The van der Waals surface area contributed by atoms with Gasteiger partial charge in [0.1, 0.15) is 12.1 Å². The molecule has 3 amide bonds. The number of rotatable bonds is 9. The zero-order valence-electron chi connectivity index (χ0n) is 14.2. The highest BCUT2D eigenvalue weighted by atomic mass is 16.5. The molecule has 1 aliphatic heterocycles. The van der Waals surface area contributed by atoms with Gasteiger partial charge in [-0.15, -0.1) is 0 Å². The van der Waals surface area contributed by atoms with Gasteiger partial charge in [-0.1, -0.05) is 0 Å². The van der Waals surface area contributed by atoms with Crippen LogP contribution in [0, 0.1) is 5.92 Å². The van der Waals surface area contributed by atoms with Gasteiger partial charge in [0, 0.05) is 6.42 Å². The number of ether oxygens (including phenoxy) is 2. The summed E-state index contributed by atoms with van der Waals surface area (Å²) in [5.74, 6) is -4.85. The van der Waals surface area contributed by atoms with E-state index in [0.717, 1.165) is 0 Å². The molecule has 4 N–H and O–H groups in total. The lowest BCUT2D eigenvalue weighted by Gasteiger charge is -2.24. The SMILES string of the molecule is CCOC(=O)C[C@H](C(=O)OCC)[C@@H](NC(=O)[C@@H]1CCC(=O)N1)C(N)=O. The number of amides is 3. The van der Waals surface area contributed by atoms with Gasteiger partial charge in [0.25, 0.3) is 0 Å². The lowest BCUT2D eigenvalue weighted by atomic mass is 9.95. The van der Waals surface area contributed by atoms with Gasteiger partial charge >= 0.3 is 11.9 Å². The second-order valence-corrected chi connectivity index (χ2v) is 5.42. The number of carbonyl (C=O) groups excluding carboxylic acids is 5. The Morgan fingerprint density at radius 3 is 2.36 bits per heavy atom. The molecular weight excluding hydrogens is 334 g/mol. The van der Waals surface area contributed by atoms with Gasteiger partial charge in [0.15, 0.2) is 0 Å². The van der Waals surface area contributed by atoms with Crippen LogP contribution in [-0.4, -0.2) is 55.0 Å². The quantitative estimate of drug-likeness (QED) is 0.418. The first-order valence-corrected chi connectivity index (χ1v) is 8.01. The Morgan fingerprint density at radius 1 is 1.24 bits per heavy atom. The summed E-state index contributed by atoms with van der Waals surface area (Å²) < 4.78 is 9.64. The van der Waals surface area contributed by atoms with E-state index in [2.05, 4.69) is 10.6 Å². The number of carbonyl (C=O) groups is 5. The summed E-state index contributed by atoms with van der Waals surface area (Å²) in [6, 6.07) is -2.28. The number of primary amides is 1. The Balaban J connectivity index is 2.91. The molecule has 0 aliphatic carbocycles. The minimum Gasteiger partial charge on any atom is -0.466 e.